The first-order chi connectivity index (χ1) is 9.49. The lowest BCUT2D eigenvalue weighted by Gasteiger charge is -2.21. The second-order valence-electron chi connectivity index (χ2n) is 5.18. The van der Waals surface area contributed by atoms with E-state index in [2.05, 4.69) is 0 Å². The molecule has 5 heteroatoms. The predicted octanol–water partition coefficient (Wildman–Crippen LogP) is 3.12. The molecule has 1 aromatic rings. The van der Waals surface area contributed by atoms with Crippen LogP contribution in [-0.2, 0) is 4.79 Å². The molecule has 1 fully saturated rings. The third kappa shape index (κ3) is 2.71. The zero-order chi connectivity index (χ0) is 14.9. The van der Waals surface area contributed by atoms with Crippen LogP contribution >= 0.6 is 0 Å². The number of hydrogen-bond acceptors (Lipinski definition) is 3. The monoisotopic (exact) mass is 282 g/mol. The highest BCUT2D eigenvalue weighted by Crippen LogP contribution is 2.48. The van der Waals surface area contributed by atoms with Crippen LogP contribution in [0.4, 0.5) is 4.39 Å². The molecule has 20 heavy (non-hydrogen) atoms. The van der Waals surface area contributed by atoms with Crippen LogP contribution in [0.3, 0.4) is 0 Å². The van der Waals surface area contributed by atoms with E-state index in [1.165, 1.54) is 20.3 Å². The first-order valence-electron chi connectivity index (χ1n) is 6.62. The van der Waals surface area contributed by atoms with Gasteiger partial charge in [-0.25, -0.2) is 4.39 Å². The summed E-state index contributed by atoms with van der Waals surface area (Å²) >= 11 is 0. The van der Waals surface area contributed by atoms with Crippen molar-refractivity contribution in [1.82, 2.24) is 0 Å². The molecule has 110 valence electrons. The Hall–Kier alpha value is -1.78. The van der Waals surface area contributed by atoms with Gasteiger partial charge in [-0.15, -0.1) is 0 Å². The fourth-order valence-corrected chi connectivity index (χ4v) is 2.76. The quantitative estimate of drug-likeness (QED) is 0.871. The average Bonchev–Trinajstić information content (AvgIpc) is 3.22. The van der Waals surface area contributed by atoms with Gasteiger partial charge < -0.3 is 14.6 Å². The molecule has 1 aromatic carbocycles. The molecule has 0 bridgehead atoms. The standard InChI is InChI=1S/C15H19FO4/c1-8-10(11(7-13(17)18)9-4-5-9)6-12(16)15(20-3)14(8)19-2/h6,9,11H,4-5,7H2,1-3H3,(H,17,18). The van der Waals surface area contributed by atoms with Gasteiger partial charge in [0.15, 0.2) is 17.3 Å². The van der Waals surface area contributed by atoms with Crippen LogP contribution in [0.1, 0.15) is 36.3 Å². The molecule has 0 heterocycles. The summed E-state index contributed by atoms with van der Waals surface area (Å²) in [6, 6.07) is 1.39. The van der Waals surface area contributed by atoms with Gasteiger partial charge in [0.05, 0.1) is 20.6 Å². The maximum atomic E-state index is 14.1. The summed E-state index contributed by atoms with van der Waals surface area (Å²) in [5.41, 5.74) is 1.47. The second kappa shape index (κ2) is 5.69. The molecular formula is C15H19FO4. The molecule has 0 spiro atoms. The fraction of sp³-hybridized carbons (Fsp3) is 0.533. The number of carboxylic acid groups (broad SMARTS) is 1. The van der Waals surface area contributed by atoms with Gasteiger partial charge in [0, 0.05) is 0 Å². The van der Waals surface area contributed by atoms with Crippen LogP contribution in [0.2, 0.25) is 0 Å². The summed E-state index contributed by atoms with van der Waals surface area (Å²) in [5.74, 6) is -0.807. The zero-order valence-electron chi connectivity index (χ0n) is 11.9. The van der Waals surface area contributed by atoms with E-state index < -0.39 is 11.8 Å². The number of rotatable bonds is 6. The lowest BCUT2D eigenvalue weighted by atomic mass is 9.87. The van der Waals surface area contributed by atoms with Gasteiger partial charge in [0.25, 0.3) is 0 Å². The Kier molecular flexibility index (Phi) is 4.16. The van der Waals surface area contributed by atoms with E-state index in [1.54, 1.807) is 0 Å². The molecule has 0 saturated heterocycles. The minimum absolute atomic E-state index is 0.0143. The highest BCUT2D eigenvalue weighted by atomic mass is 19.1. The SMILES string of the molecule is COc1c(F)cc(C(CC(=O)O)C2CC2)c(C)c1OC. The highest BCUT2D eigenvalue weighted by molar-refractivity contribution is 5.68. The molecule has 1 saturated carbocycles. The van der Waals surface area contributed by atoms with Crippen molar-refractivity contribution in [3.63, 3.8) is 0 Å². The number of benzene rings is 1. The van der Waals surface area contributed by atoms with Crippen LogP contribution in [0.25, 0.3) is 0 Å². The van der Waals surface area contributed by atoms with Crippen molar-refractivity contribution in [3.8, 4) is 11.5 Å². The molecule has 0 amide bonds. The summed E-state index contributed by atoms with van der Waals surface area (Å²) in [4.78, 5) is 11.0. The predicted molar refractivity (Wildman–Crippen MR) is 72.0 cm³/mol. The molecule has 0 aromatic heterocycles. The number of carbonyl (C=O) groups is 1. The van der Waals surface area contributed by atoms with Gasteiger partial charge in [0.2, 0.25) is 0 Å². The molecule has 1 N–H and O–H groups in total. The summed E-state index contributed by atoms with van der Waals surface area (Å²) < 4.78 is 24.4. The molecule has 1 aliphatic carbocycles. The third-order valence-electron chi connectivity index (χ3n) is 3.87. The Bertz CT molecular complexity index is 523. The number of aliphatic carboxylic acids is 1. The molecule has 2 rings (SSSR count). The molecular weight excluding hydrogens is 263 g/mol. The summed E-state index contributed by atoms with van der Waals surface area (Å²) in [6.07, 6.45) is 2.00. The Morgan fingerprint density at radius 1 is 1.40 bits per heavy atom. The van der Waals surface area contributed by atoms with E-state index in [9.17, 15) is 9.18 Å². The minimum Gasteiger partial charge on any atom is -0.492 e. The van der Waals surface area contributed by atoms with E-state index in [-0.39, 0.29) is 18.1 Å². The van der Waals surface area contributed by atoms with Gasteiger partial charge in [-0.3, -0.25) is 4.79 Å². The molecule has 1 aliphatic rings. The number of methoxy groups -OCH3 is 2. The normalized spacial score (nSPS) is 15.8. The smallest absolute Gasteiger partial charge is 0.303 e. The summed E-state index contributed by atoms with van der Waals surface area (Å²) in [6.45, 7) is 1.81. The number of halogens is 1. The highest BCUT2D eigenvalue weighted by Gasteiger charge is 2.36. The average molecular weight is 282 g/mol. The van der Waals surface area contributed by atoms with Crippen LogP contribution in [0.5, 0.6) is 11.5 Å². The van der Waals surface area contributed by atoms with Gasteiger partial charge in [-0.2, -0.15) is 0 Å². The van der Waals surface area contributed by atoms with Crippen molar-refractivity contribution < 1.29 is 23.8 Å². The lowest BCUT2D eigenvalue weighted by Crippen LogP contribution is -2.11. The molecule has 1 unspecified atom stereocenters. The maximum absolute atomic E-state index is 14.1. The lowest BCUT2D eigenvalue weighted by molar-refractivity contribution is -0.137. The van der Waals surface area contributed by atoms with Crippen LogP contribution in [-0.4, -0.2) is 25.3 Å². The first kappa shape index (κ1) is 14.6. The number of carboxylic acids is 1. The number of hydrogen-bond donors (Lipinski definition) is 1. The second-order valence-corrected chi connectivity index (χ2v) is 5.18. The van der Waals surface area contributed by atoms with Gasteiger partial charge in [-0.1, -0.05) is 0 Å². The van der Waals surface area contributed by atoms with Crippen molar-refractivity contribution in [3.05, 3.63) is 23.0 Å². The van der Waals surface area contributed by atoms with Crippen molar-refractivity contribution in [2.75, 3.05) is 14.2 Å². The first-order valence-corrected chi connectivity index (χ1v) is 6.62. The van der Waals surface area contributed by atoms with E-state index in [1.807, 2.05) is 6.92 Å². The fourth-order valence-electron chi connectivity index (χ4n) is 2.76. The largest absolute Gasteiger partial charge is 0.492 e. The van der Waals surface area contributed by atoms with E-state index in [0.29, 0.717) is 17.2 Å². The van der Waals surface area contributed by atoms with E-state index >= 15 is 0 Å². The molecule has 0 aliphatic heterocycles. The van der Waals surface area contributed by atoms with E-state index in [4.69, 9.17) is 14.6 Å². The summed E-state index contributed by atoms with van der Waals surface area (Å²) in [5, 5.41) is 9.06. The molecule has 1 atom stereocenters. The van der Waals surface area contributed by atoms with Crippen LogP contribution in [0.15, 0.2) is 6.07 Å². The Labute approximate surface area is 117 Å². The van der Waals surface area contributed by atoms with Crippen LogP contribution < -0.4 is 9.47 Å². The summed E-state index contributed by atoms with van der Waals surface area (Å²) in [7, 11) is 2.84. The van der Waals surface area contributed by atoms with Gasteiger partial charge in [-0.05, 0) is 48.8 Å². The van der Waals surface area contributed by atoms with Gasteiger partial charge in [0.1, 0.15) is 0 Å². The zero-order valence-corrected chi connectivity index (χ0v) is 11.9. The number of ether oxygens (including phenoxy) is 2. The molecule has 0 radical (unpaired) electrons. The van der Waals surface area contributed by atoms with Crippen molar-refractivity contribution in [2.24, 2.45) is 5.92 Å². The van der Waals surface area contributed by atoms with Crippen molar-refractivity contribution in [2.45, 2.75) is 32.1 Å². The maximum Gasteiger partial charge on any atom is 0.303 e. The van der Waals surface area contributed by atoms with Gasteiger partial charge >= 0.3 is 5.97 Å². The van der Waals surface area contributed by atoms with E-state index in [0.717, 1.165) is 18.4 Å². The Morgan fingerprint density at radius 2 is 2.00 bits per heavy atom. The van der Waals surface area contributed by atoms with Crippen molar-refractivity contribution >= 4 is 5.97 Å². The Balaban J connectivity index is 2.49. The minimum atomic E-state index is -0.864. The van der Waals surface area contributed by atoms with Crippen LogP contribution in [0, 0.1) is 18.7 Å². The topological polar surface area (TPSA) is 55.8 Å². The van der Waals surface area contributed by atoms with Crippen molar-refractivity contribution in [1.29, 1.82) is 0 Å². The Morgan fingerprint density at radius 3 is 2.45 bits per heavy atom. The molecule has 4 nitrogen and oxygen atoms in total. The third-order valence-corrected chi connectivity index (χ3v) is 3.87.